The van der Waals surface area contributed by atoms with Gasteiger partial charge in [-0.15, -0.1) is 0 Å². The van der Waals surface area contributed by atoms with E-state index in [2.05, 4.69) is 30.7 Å². The van der Waals surface area contributed by atoms with Crippen LogP contribution in [0.5, 0.6) is 0 Å². The van der Waals surface area contributed by atoms with Crippen molar-refractivity contribution >= 4 is 5.96 Å². The predicted octanol–water partition coefficient (Wildman–Crippen LogP) is 1.20. The van der Waals surface area contributed by atoms with Crippen molar-refractivity contribution in [2.75, 3.05) is 13.1 Å². The zero-order valence-electron chi connectivity index (χ0n) is 8.30. The Morgan fingerprint density at radius 3 is 2.33 bits per heavy atom. The highest BCUT2D eigenvalue weighted by atomic mass is 15.3. The average Bonchev–Trinajstić information content (AvgIpc) is 2.43. The molecule has 0 saturated heterocycles. The zero-order valence-corrected chi connectivity index (χ0v) is 8.30. The first-order valence-corrected chi connectivity index (χ1v) is 4.77. The lowest BCUT2D eigenvalue weighted by molar-refractivity contribution is 0.193. The third-order valence-corrected chi connectivity index (χ3v) is 3.02. The van der Waals surface area contributed by atoms with Crippen molar-refractivity contribution in [1.82, 2.24) is 4.90 Å². The van der Waals surface area contributed by atoms with E-state index in [4.69, 9.17) is 5.73 Å². The standard InChI is InChI=1S/C9H19N3/c1-4-9(5-2)7-11-8(10)12(9)6-3/h4-7H2,1-3H3,(H2,10,11). The minimum atomic E-state index is 0.221. The van der Waals surface area contributed by atoms with Crippen molar-refractivity contribution in [2.24, 2.45) is 10.7 Å². The third-order valence-electron chi connectivity index (χ3n) is 3.02. The van der Waals surface area contributed by atoms with Crippen LogP contribution in [0.3, 0.4) is 0 Å². The number of guanidine groups is 1. The van der Waals surface area contributed by atoms with Gasteiger partial charge in [-0.1, -0.05) is 13.8 Å². The number of aliphatic imine (C=N–C) groups is 1. The maximum atomic E-state index is 5.79. The van der Waals surface area contributed by atoms with Crippen LogP contribution in [-0.4, -0.2) is 29.5 Å². The number of hydrogen-bond acceptors (Lipinski definition) is 3. The van der Waals surface area contributed by atoms with Gasteiger partial charge in [0.1, 0.15) is 0 Å². The molecule has 1 aliphatic heterocycles. The van der Waals surface area contributed by atoms with E-state index < -0.39 is 0 Å². The van der Waals surface area contributed by atoms with Gasteiger partial charge in [-0.2, -0.15) is 0 Å². The van der Waals surface area contributed by atoms with Gasteiger partial charge in [-0.3, -0.25) is 4.99 Å². The molecule has 0 fully saturated rings. The first-order chi connectivity index (χ1) is 5.70. The van der Waals surface area contributed by atoms with Crippen molar-refractivity contribution in [3.05, 3.63) is 0 Å². The summed E-state index contributed by atoms with van der Waals surface area (Å²) in [6.07, 6.45) is 2.25. The van der Waals surface area contributed by atoms with Gasteiger partial charge in [0.2, 0.25) is 0 Å². The van der Waals surface area contributed by atoms with E-state index in [0.717, 1.165) is 31.9 Å². The van der Waals surface area contributed by atoms with Crippen LogP contribution in [0.15, 0.2) is 4.99 Å². The second-order valence-corrected chi connectivity index (χ2v) is 3.35. The highest BCUT2D eigenvalue weighted by Crippen LogP contribution is 2.28. The van der Waals surface area contributed by atoms with Crippen molar-refractivity contribution in [3.8, 4) is 0 Å². The Hall–Kier alpha value is -0.730. The number of nitrogens with two attached hydrogens (primary N) is 1. The molecule has 0 aliphatic carbocycles. The molecule has 0 radical (unpaired) electrons. The molecule has 3 heteroatoms. The maximum Gasteiger partial charge on any atom is 0.191 e. The first-order valence-electron chi connectivity index (χ1n) is 4.77. The van der Waals surface area contributed by atoms with Crippen LogP contribution < -0.4 is 5.73 Å². The average molecular weight is 169 g/mol. The molecule has 1 aliphatic rings. The molecule has 12 heavy (non-hydrogen) atoms. The summed E-state index contributed by atoms with van der Waals surface area (Å²) in [5.41, 5.74) is 6.01. The zero-order chi connectivity index (χ0) is 9.19. The minimum Gasteiger partial charge on any atom is -0.370 e. The Morgan fingerprint density at radius 1 is 1.42 bits per heavy atom. The predicted molar refractivity (Wildman–Crippen MR) is 52.2 cm³/mol. The van der Waals surface area contributed by atoms with Crippen LogP contribution in [0.25, 0.3) is 0 Å². The van der Waals surface area contributed by atoms with Crippen LogP contribution in [-0.2, 0) is 0 Å². The molecule has 0 unspecified atom stereocenters. The van der Waals surface area contributed by atoms with Crippen LogP contribution in [0.1, 0.15) is 33.6 Å². The number of rotatable bonds is 3. The number of likely N-dealkylation sites (N-methyl/N-ethyl adjacent to an activating group) is 1. The lowest BCUT2D eigenvalue weighted by Crippen LogP contribution is -2.50. The molecule has 0 saturated carbocycles. The summed E-state index contributed by atoms with van der Waals surface area (Å²) in [6, 6.07) is 0. The van der Waals surface area contributed by atoms with Crippen LogP contribution in [0.4, 0.5) is 0 Å². The molecule has 0 spiro atoms. The Bertz CT molecular complexity index is 182. The highest BCUT2D eigenvalue weighted by Gasteiger charge is 2.37. The lowest BCUT2D eigenvalue weighted by atomic mass is 9.92. The maximum absolute atomic E-state index is 5.79. The van der Waals surface area contributed by atoms with E-state index in [-0.39, 0.29) is 5.54 Å². The summed E-state index contributed by atoms with van der Waals surface area (Å²) in [6.45, 7) is 8.39. The normalized spacial score (nSPS) is 21.2. The number of nitrogens with zero attached hydrogens (tertiary/aromatic N) is 2. The fourth-order valence-electron chi connectivity index (χ4n) is 1.99. The topological polar surface area (TPSA) is 41.6 Å². The fourth-order valence-corrected chi connectivity index (χ4v) is 1.99. The molecular formula is C9H19N3. The van der Waals surface area contributed by atoms with E-state index in [1.807, 2.05) is 0 Å². The Kier molecular flexibility index (Phi) is 2.60. The van der Waals surface area contributed by atoms with E-state index in [0.29, 0.717) is 0 Å². The van der Waals surface area contributed by atoms with E-state index in [9.17, 15) is 0 Å². The van der Waals surface area contributed by atoms with Crippen LogP contribution in [0, 0.1) is 0 Å². The SMILES string of the molecule is CCN1C(N)=NCC1(CC)CC. The molecule has 3 nitrogen and oxygen atoms in total. The van der Waals surface area contributed by atoms with Crippen LogP contribution in [0.2, 0.25) is 0 Å². The summed E-state index contributed by atoms with van der Waals surface area (Å²) in [5.74, 6) is 0.723. The van der Waals surface area contributed by atoms with Gasteiger partial charge in [-0.25, -0.2) is 0 Å². The molecule has 1 heterocycles. The quantitative estimate of drug-likeness (QED) is 0.689. The van der Waals surface area contributed by atoms with Crippen molar-refractivity contribution in [2.45, 2.75) is 39.2 Å². The van der Waals surface area contributed by atoms with Crippen molar-refractivity contribution in [3.63, 3.8) is 0 Å². The van der Waals surface area contributed by atoms with E-state index >= 15 is 0 Å². The van der Waals surface area contributed by atoms with Gasteiger partial charge < -0.3 is 10.6 Å². The fraction of sp³-hybridized carbons (Fsp3) is 0.889. The van der Waals surface area contributed by atoms with E-state index in [1.54, 1.807) is 0 Å². The highest BCUT2D eigenvalue weighted by molar-refractivity contribution is 5.80. The lowest BCUT2D eigenvalue weighted by Gasteiger charge is -2.37. The van der Waals surface area contributed by atoms with E-state index in [1.165, 1.54) is 0 Å². The Balaban J connectivity index is 2.80. The molecule has 0 amide bonds. The van der Waals surface area contributed by atoms with Crippen molar-refractivity contribution < 1.29 is 0 Å². The molecule has 0 bridgehead atoms. The second-order valence-electron chi connectivity index (χ2n) is 3.35. The third kappa shape index (κ3) is 1.17. The second kappa shape index (κ2) is 3.33. The molecule has 0 atom stereocenters. The van der Waals surface area contributed by atoms with Gasteiger partial charge in [0.05, 0.1) is 12.1 Å². The molecule has 0 aromatic carbocycles. The summed E-state index contributed by atoms with van der Waals surface area (Å²) >= 11 is 0. The summed E-state index contributed by atoms with van der Waals surface area (Å²) in [5, 5.41) is 0. The summed E-state index contributed by atoms with van der Waals surface area (Å²) in [7, 11) is 0. The Morgan fingerprint density at radius 2 is 2.00 bits per heavy atom. The summed E-state index contributed by atoms with van der Waals surface area (Å²) in [4.78, 5) is 6.53. The van der Waals surface area contributed by atoms with Gasteiger partial charge in [-0.05, 0) is 19.8 Å². The van der Waals surface area contributed by atoms with Crippen molar-refractivity contribution in [1.29, 1.82) is 0 Å². The number of hydrogen-bond donors (Lipinski definition) is 1. The van der Waals surface area contributed by atoms with Gasteiger partial charge in [0.15, 0.2) is 5.96 Å². The van der Waals surface area contributed by atoms with Gasteiger partial charge in [0.25, 0.3) is 0 Å². The Labute approximate surface area is 74.6 Å². The van der Waals surface area contributed by atoms with Gasteiger partial charge in [0, 0.05) is 6.54 Å². The largest absolute Gasteiger partial charge is 0.370 e. The minimum absolute atomic E-state index is 0.221. The molecule has 0 aromatic heterocycles. The first kappa shape index (κ1) is 9.36. The molecule has 1 rings (SSSR count). The smallest absolute Gasteiger partial charge is 0.191 e. The molecule has 70 valence electrons. The van der Waals surface area contributed by atoms with Gasteiger partial charge >= 0.3 is 0 Å². The molecule has 0 aromatic rings. The molecule has 2 N–H and O–H groups in total. The summed E-state index contributed by atoms with van der Waals surface area (Å²) < 4.78 is 0. The van der Waals surface area contributed by atoms with Crippen LogP contribution >= 0.6 is 0 Å². The molecular weight excluding hydrogens is 150 g/mol. The monoisotopic (exact) mass is 169 g/mol.